The monoisotopic (exact) mass is 1110 g/mol. The number of anilines is 2. The van der Waals surface area contributed by atoms with Crippen molar-refractivity contribution in [1.82, 2.24) is 5.32 Å². The Balaban J connectivity index is 0.000000221. The molecular formula is C56H57ILiN3O13. The number of alkyl carbamates (subject to hydrolysis) is 1. The van der Waals surface area contributed by atoms with Gasteiger partial charge in [0, 0.05) is 14.9 Å². The van der Waals surface area contributed by atoms with E-state index < -0.39 is 40.9 Å². The number of rotatable bonds is 8. The Bertz CT molecular complexity index is 2850. The smallest absolute Gasteiger partial charge is 0.870 e. The summed E-state index contributed by atoms with van der Waals surface area (Å²) in [6.45, 7) is 11.3. The second kappa shape index (κ2) is 25.7. The zero-order valence-corrected chi connectivity index (χ0v) is 44.6. The van der Waals surface area contributed by atoms with Crippen molar-refractivity contribution in [3.63, 3.8) is 0 Å². The number of hydrogen-bond acceptors (Lipinski definition) is 12. The molecule has 9 rings (SSSR count). The number of nitrogens with zero attached hydrogens (tertiary/aromatic N) is 2. The molecule has 3 saturated heterocycles. The number of methoxy groups -OCH3 is 2. The normalized spacial score (nSPS) is 18.2. The molecule has 0 radical (unpaired) electrons. The van der Waals surface area contributed by atoms with Gasteiger partial charge in [0.15, 0.2) is 0 Å². The number of carbonyl (C=O) groups is 6. The van der Waals surface area contributed by atoms with Gasteiger partial charge >= 0.3 is 55.0 Å². The zero-order chi connectivity index (χ0) is 52.4. The average Bonchev–Trinajstić information content (AvgIpc) is 3.91. The SMILES string of the molecule is CC1(C)OC(=O)N(c2ccc(C(=O)O)cc2)[C@H]1c1ccccc1.CC1(C)OC(=O)N[C@H]1c1ccccc1.COC(=O)c1ccc(I)cc1.COC(=O)c1ccc(N2C(=O)OC(C)(C)[C@@H]2c2ccccc2)cc1.[Li+].[OH-]. The van der Waals surface area contributed by atoms with Crippen LogP contribution in [0.4, 0.5) is 25.8 Å². The molecule has 0 aliphatic carbocycles. The van der Waals surface area contributed by atoms with Crippen LogP contribution in [0.2, 0.25) is 0 Å². The van der Waals surface area contributed by atoms with Crippen molar-refractivity contribution in [2.45, 2.75) is 76.5 Å². The first-order valence-electron chi connectivity index (χ1n) is 22.7. The van der Waals surface area contributed by atoms with Gasteiger partial charge in [-0.25, -0.2) is 28.8 Å². The molecule has 0 bridgehead atoms. The Labute approximate surface area is 455 Å². The van der Waals surface area contributed by atoms with Gasteiger partial charge in [-0.15, -0.1) is 0 Å². The van der Waals surface area contributed by atoms with Crippen molar-refractivity contribution >= 4 is 70.2 Å². The predicted molar refractivity (Wildman–Crippen MR) is 281 cm³/mol. The zero-order valence-electron chi connectivity index (χ0n) is 42.5. The van der Waals surface area contributed by atoms with E-state index in [4.69, 9.17) is 24.1 Å². The van der Waals surface area contributed by atoms with Gasteiger partial charge < -0.3 is 39.6 Å². The van der Waals surface area contributed by atoms with Crippen LogP contribution < -0.4 is 34.0 Å². The summed E-state index contributed by atoms with van der Waals surface area (Å²) in [7, 11) is 2.71. The van der Waals surface area contributed by atoms with Crippen LogP contribution in [0.1, 0.15) is 107 Å². The number of hydrogen-bond donors (Lipinski definition) is 2. The number of cyclic esters (lactones) is 3. The Morgan fingerprint density at radius 2 is 0.851 bits per heavy atom. The summed E-state index contributed by atoms with van der Waals surface area (Å²) in [5.41, 5.74) is 3.68. The summed E-state index contributed by atoms with van der Waals surface area (Å²) < 4.78 is 26.6. The molecule has 0 spiro atoms. The summed E-state index contributed by atoms with van der Waals surface area (Å²) in [5, 5.41) is 11.8. The van der Waals surface area contributed by atoms with E-state index in [-0.39, 0.29) is 60.1 Å². The molecule has 3 heterocycles. The Kier molecular flexibility index (Phi) is 20.6. The molecule has 0 aromatic heterocycles. The molecule has 18 heteroatoms. The van der Waals surface area contributed by atoms with Gasteiger partial charge in [-0.3, -0.25) is 9.80 Å². The predicted octanol–water partition coefficient (Wildman–Crippen LogP) is 8.96. The number of amides is 3. The number of esters is 2. The topological polar surface area (TPSA) is 217 Å². The van der Waals surface area contributed by atoms with Gasteiger partial charge in [-0.1, -0.05) is 91.0 Å². The number of aromatic carboxylic acids is 1. The molecule has 3 aliphatic heterocycles. The number of carboxylic acids is 1. The third-order valence-corrected chi connectivity index (χ3v) is 12.5. The van der Waals surface area contributed by atoms with E-state index in [9.17, 15) is 28.8 Å². The van der Waals surface area contributed by atoms with Crippen LogP contribution in [0.25, 0.3) is 0 Å². The second-order valence-electron chi connectivity index (χ2n) is 18.2. The fraction of sp³-hybridized carbons (Fsp3) is 0.250. The molecular weight excluding hydrogens is 1060 g/mol. The minimum Gasteiger partial charge on any atom is -0.870 e. The first kappa shape index (κ1) is 59.4. The molecule has 3 N–H and O–H groups in total. The van der Waals surface area contributed by atoms with E-state index in [1.165, 1.54) is 26.4 Å². The van der Waals surface area contributed by atoms with Gasteiger partial charge in [0.05, 0.1) is 37.0 Å². The Morgan fingerprint density at radius 3 is 1.18 bits per heavy atom. The molecule has 0 unspecified atom stereocenters. The summed E-state index contributed by atoms with van der Waals surface area (Å²) in [4.78, 5) is 72.6. The third kappa shape index (κ3) is 14.3. The van der Waals surface area contributed by atoms with Crippen LogP contribution in [0.15, 0.2) is 164 Å². The van der Waals surface area contributed by atoms with Crippen molar-refractivity contribution in [1.29, 1.82) is 0 Å². The quantitative estimate of drug-likeness (QED) is 0.0630. The van der Waals surface area contributed by atoms with Crippen LogP contribution in [0.5, 0.6) is 0 Å². The summed E-state index contributed by atoms with van der Waals surface area (Å²) >= 11 is 2.18. The van der Waals surface area contributed by atoms with Crippen molar-refractivity contribution < 1.29 is 81.9 Å². The Morgan fingerprint density at radius 1 is 0.514 bits per heavy atom. The van der Waals surface area contributed by atoms with Crippen LogP contribution in [-0.4, -0.2) is 77.8 Å². The van der Waals surface area contributed by atoms with Crippen molar-refractivity contribution in [3.05, 3.63) is 201 Å². The molecule has 6 aromatic carbocycles. The number of carbonyl (C=O) groups excluding carboxylic acids is 5. The minimum absolute atomic E-state index is 0. The summed E-state index contributed by atoms with van der Waals surface area (Å²) in [6.07, 6.45) is -1.18. The van der Waals surface area contributed by atoms with Crippen LogP contribution in [-0.2, 0) is 23.7 Å². The number of nitrogens with one attached hydrogen (secondary N) is 1. The van der Waals surface area contributed by atoms with E-state index >= 15 is 0 Å². The third-order valence-electron chi connectivity index (χ3n) is 11.8. The first-order chi connectivity index (χ1) is 34.2. The molecule has 3 amide bonds. The van der Waals surface area contributed by atoms with Crippen LogP contribution in [0, 0.1) is 3.57 Å². The number of carboxylic acid groups (broad SMARTS) is 1. The molecule has 74 heavy (non-hydrogen) atoms. The maximum atomic E-state index is 12.5. The van der Waals surface area contributed by atoms with Gasteiger partial charge in [-0.05, 0) is 154 Å². The van der Waals surface area contributed by atoms with Crippen LogP contribution >= 0.6 is 22.6 Å². The standard InChI is InChI=1S/C19H19NO4.C18H17NO4.C11H13NO2.C8H7IO2.Li.H2O/c1-19(2)16(13-7-5-4-6-8-13)20(18(22)24-19)15-11-9-14(10-12-15)17(21)23-3;1-18(2)15(12-6-4-3-5-7-12)19(17(22)23-18)14-10-8-13(9-11-14)16(20)21;1-11(2)9(12-10(13)14-11)8-6-4-3-5-7-8;1-11-8(10)6-2-4-7(9)5-3-6;;/h4-12,16H,1-3H3;3-11,15H,1-2H3,(H,20,21);3-7,9H,1-2H3,(H,12,13);2-5H,1H3;;1H2/q;;;;+1;/p-1/t16-;15-;9-;;;/m000.../s1. The van der Waals surface area contributed by atoms with Gasteiger partial charge in [0.2, 0.25) is 0 Å². The number of benzene rings is 6. The van der Waals surface area contributed by atoms with Gasteiger partial charge in [0.25, 0.3) is 0 Å². The van der Waals surface area contributed by atoms with Gasteiger partial charge in [-0.2, -0.15) is 0 Å². The number of halogens is 1. The fourth-order valence-corrected chi connectivity index (χ4v) is 8.83. The molecule has 382 valence electrons. The van der Waals surface area contributed by atoms with E-state index in [0.717, 1.165) is 20.3 Å². The minimum atomic E-state index is -1.000. The maximum Gasteiger partial charge on any atom is 1.00 e. The Hall–Kier alpha value is -7.17. The van der Waals surface area contributed by atoms with E-state index in [1.807, 2.05) is 145 Å². The van der Waals surface area contributed by atoms with Crippen LogP contribution in [0.3, 0.4) is 0 Å². The summed E-state index contributed by atoms with van der Waals surface area (Å²) in [5.74, 6) is -1.70. The molecule has 6 aromatic rings. The fourth-order valence-electron chi connectivity index (χ4n) is 8.47. The van der Waals surface area contributed by atoms with E-state index in [1.54, 1.807) is 58.3 Å². The van der Waals surface area contributed by atoms with E-state index in [2.05, 4.69) is 32.6 Å². The second-order valence-corrected chi connectivity index (χ2v) is 19.4. The maximum absolute atomic E-state index is 12.5. The average molecular weight is 1110 g/mol. The molecule has 3 atom stereocenters. The van der Waals surface area contributed by atoms with Crippen molar-refractivity contribution in [3.8, 4) is 0 Å². The molecule has 16 nitrogen and oxygen atoms in total. The molecule has 3 fully saturated rings. The van der Waals surface area contributed by atoms with E-state index in [0.29, 0.717) is 22.5 Å². The molecule has 3 aliphatic rings. The van der Waals surface area contributed by atoms with Crippen molar-refractivity contribution in [2.24, 2.45) is 0 Å². The first-order valence-corrected chi connectivity index (χ1v) is 23.8. The number of ether oxygens (including phenoxy) is 5. The van der Waals surface area contributed by atoms with Gasteiger partial charge in [0.1, 0.15) is 28.9 Å². The largest absolute Gasteiger partial charge is 1.00 e. The van der Waals surface area contributed by atoms with Crippen molar-refractivity contribution in [2.75, 3.05) is 24.0 Å². The molecule has 0 saturated carbocycles. The summed E-state index contributed by atoms with van der Waals surface area (Å²) in [6, 6.07) is 48.8.